The highest BCUT2D eigenvalue weighted by Gasteiger charge is 2.22. The molecule has 0 aliphatic carbocycles. The van der Waals surface area contributed by atoms with E-state index in [1.54, 1.807) is 31.2 Å². The molecule has 8 heteroatoms. The molecule has 0 aliphatic rings. The monoisotopic (exact) mass is 347 g/mol. The van der Waals surface area contributed by atoms with Crippen LogP contribution in [0.3, 0.4) is 0 Å². The minimum absolute atomic E-state index is 0.110. The zero-order chi connectivity index (χ0) is 18.1. The fraction of sp³-hybridized carbons (Fsp3) is 0.235. The maximum absolute atomic E-state index is 13.6. The van der Waals surface area contributed by atoms with E-state index in [1.807, 2.05) is 0 Å². The second kappa shape index (κ2) is 6.46. The van der Waals surface area contributed by atoms with E-state index < -0.39 is 18.9 Å². The number of halogens is 2. The number of rotatable bonds is 5. The highest BCUT2D eigenvalue weighted by Crippen LogP contribution is 2.35. The highest BCUT2D eigenvalue weighted by molar-refractivity contribution is 5.87. The lowest BCUT2D eigenvalue weighted by Gasteiger charge is -2.11. The average molecular weight is 347 g/mol. The lowest BCUT2D eigenvalue weighted by atomic mass is 10.0. The molecule has 25 heavy (non-hydrogen) atoms. The zero-order valence-electron chi connectivity index (χ0n) is 13.5. The Hall–Kier alpha value is -3.03. The Labute approximate surface area is 141 Å². The quantitative estimate of drug-likeness (QED) is 0.765. The van der Waals surface area contributed by atoms with Crippen LogP contribution in [-0.4, -0.2) is 33.0 Å². The van der Waals surface area contributed by atoms with E-state index in [4.69, 9.17) is 9.84 Å². The fourth-order valence-electron chi connectivity index (χ4n) is 2.79. The van der Waals surface area contributed by atoms with Crippen molar-refractivity contribution in [2.24, 2.45) is 0 Å². The van der Waals surface area contributed by atoms with Crippen LogP contribution in [0.2, 0.25) is 0 Å². The second-order valence-corrected chi connectivity index (χ2v) is 5.43. The largest absolute Gasteiger partial charge is 0.496 e. The van der Waals surface area contributed by atoms with E-state index >= 15 is 0 Å². The molecule has 1 N–H and O–H groups in total. The van der Waals surface area contributed by atoms with Gasteiger partial charge in [-0.05, 0) is 25.1 Å². The first-order valence-electron chi connectivity index (χ1n) is 7.43. The molecule has 2 heterocycles. The number of aromatic nitrogens is 3. The number of alkyl halides is 2. The standard InChI is InChI=1S/C17H15F2N3O3/c1-9-15-11(16(18)19)7-12(10-5-3-4-6-13(10)25-2)20-17(15)22(21-9)8-14(23)24/h3-7,16H,8H2,1-2H3,(H,23,24). The van der Waals surface area contributed by atoms with Crippen LogP contribution in [-0.2, 0) is 11.3 Å². The smallest absolute Gasteiger partial charge is 0.325 e. The van der Waals surface area contributed by atoms with Crippen molar-refractivity contribution < 1.29 is 23.4 Å². The maximum atomic E-state index is 13.6. The van der Waals surface area contributed by atoms with Crippen molar-refractivity contribution in [2.75, 3.05) is 7.11 Å². The van der Waals surface area contributed by atoms with Crippen LogP contribution in [0.15, 0.2) is 30.3 Å². The topological polar surface area (TPSA) is 77.2 Å². The predicted molar refractivity (Wildman–Crippen MR) is 86.8 cm³/mol. The molecule has 0 radical (unpaired) electrons. The average Bonchev–Trinajstić information content (AvgIpc) is 2.89. The SMILES string of the molecule is COc1ccccc1-c1cc(C(F)F)c2c(C)nn(CC(=O)O)c2n1. The number of para-hydroxylation sites is 1. The van der Waals surface area contributed by atoms with Gasteiger partial charge in [-0.25, -0.2) is 18.4 Å². The number of aliphatic carboxylic acids is 1. The van der Waals surface area contributed by atoms with E-state index in [9.17, 15) is 13.6 Å². The number of methoxy groups -OCH3 is 1. The van der Waals surface area contributed by atoms with Gasteiger partial charge >= 0.3 is 5.97 Å². The number of carbonyl (C=O) groups is 1. The van der Waals surface area contributed by atoms with Gasteiger partial charge in [-0.3, -0.25) is 4.79 Å². The third-order valence-corrected chi connectivity index (χ3v) is 3.81. The summed E-state index contributed by atoms with van der Waals surface area (Å²) in [7, 11) is 1.48. The van der Waals surface area contributed by atoms with Crippen molar-refractivity contribution in [1.29, 1.82) is 0 Å². The Morgan fingerprint density at radius 2 is 2.08 bits per heavy atom. The van der Waals surface area contributed by atoms with E-state index in [1.165, 1.54) is 13.2 Å². The summed E-state index contributed by atoms with van der Waals surface area (Å²) < 4.78 is 33.6. The summed E-state index contributed by atoms with van der Waals surface area (Å²) in [4.78, 5) is 15.4. The summed E-state index contributed by atoms with van der Waals surface area (Å²) in [5, 5.41) is 13.3. The van der Waals surface area contributed by atoms with Gasteiger partial charge in [0.1, 0.15) is 12.3 Å². The Morgan fingerprint density at radius 1 is 1.36 bits per heavy atom. The maximum Gasteiger partial charge on any atom is 0.325 e. The number of fused-ring (bicyclic) bond motifs is 1. The molecular weight excluding hydrogens is 332 g/mol. The third kappa shape index (κ3) is 3.02. The molecule has 6 nitrogen and oxygen atoms in total. The van der Waals surface area contributed by atoms with Crippen molar-refractivity contribution in [1.82, 2.24) is 14.8 Å². The molecule has 1 aromatic carbocycles. The number of hydrogen-bond acceptors (Lipinski definition) is 4. The molecule has 3 aromatic rings. The van der Waals surface area contributed by atoms with Crippen molar-refractivity contribution in [3.05, 3.63) is 41.6 Å². The molecule has 0 amide bonds. The van der Waals surface area contributed by atoms with Gasteiger partial charge in [0, 0.05) is 11.1 Å². The van der Waals surface area contributed by atoms with Gasteiger partial charge in [0.15, 0.2) is 5.65 Å². The minimum Gasteiger partial charge on any atom is -0.496 e. The van der Waals surface area contributed by atoms with Gasteiger partial charge in [-0.15, -0.1) is 0 Å². The number of nitrogens with zero attached hydrogens (tertiary/aromatic N) is 3. The second-order valence-electron chi connectivity index (χ2n) is 5.43. The van der Waals surface area contributed by atoms with Crippen LogP contribution in [0, 0.1) is 6.92 Å². The first kappa shape index (κ1) is 16.8. The molecule has 130 valence electrons. The Kier molecular flexibility index (Phi) is 4.35. The molecule has 3 rings (SSSR count). The molecule has 0 saturated carbocycles. The van der Waals surface area contributed by atoms with E-state index in [0.29, 0.717) is 17.0 Å². The summed E-state index contributed by atoms with van der Waals surface area (Å²) in [6.45, 7) is 1.09. The van der Waals surface area contributed by atoms with Crippen molar-refractivity contribution >= 4 is 17.0 Å². The van der Waals surface area contributed by atoms with Gasteiger partial charge in [0.2, 0.25) is 0 Å². The van der Waals surface area contributed by atoms with Crippen molar-refractivity contribution in [3.63, 3.8) is 0 Å². The van der Waals surface area contributed by atoms with Crippen LogP contribution >= 0.6 is 0 Å². The summed E-state index contributed by atoms with van der Waals surface area (Å²) in [5.41, 5.74) is 0.991. The van der Waals surface area contributed by atoms with Crippen LogP contribution < -0.4 is 4.74 Å². The number of benzene rings is 1. The number of hydrogen-bond donors (Lipinski definition) is 1. The van der Waals surface area contributed by atoms with Gasteiger partial charge < -0.3 is 9.84 Å². The summed E-state index contributed by atoms with van der Waals surface area (Å²) >= 11 is 0. The van der Waals surface area contributed by atoms with E-state index in [-0.39, 0.29) is 22.3 Å². The molecule has 0 bridgehead atoms. The molecule has 0 saturated heterocycles. The number of carboxylic acids is 1. The predicted octanol–water partition coefficient (Wildman–Crippen LogP) is 3.44. The van der Waals surface area contributed by atoms with Gasteiger partial charge in [-0.1, -0.05) is 12.1 Å². The van der Waals surface area contributed by atoms with Crippen molar-refractivity contribution in [2.45, 2.75) is 19.9 Å². The van der Waals surface area contributed by atoms with Crippen LogP contribution in [0.1, 0.15) is 17.7 Å². The lowest BCUT2D eigenvalue weighted by Crippen LogP contribution is -2.11. The molecule has 2 aromatic heterocycles. The number of ether oxygens (including phenoxy) is 1. The van der Waals surface area contributed by atoms with E-state index in [2.05, 4.69) is 10.1 Å². The van der Waals surface area contributed by atoms with Crippen molar-refractivity contribution in [3.8, 4) is 17.0 Å². The van der Waals surface area contributed by atoms with Crippen LogP contribution in [0.5, 0.6) is 5.75 Å². The van der Waals surface area contributed by atoms with E-state index in [0.717, 1.165) is 4.68 Å². The lowest BCUT2D eigenvalue weighted by molar-refractivity contribution is -0.137. The third-order valence-electron chi connectivity index (χ3n) is 3.81. The van der Waals surface area contributed by atoms with Crippen LogP contribution in [0.4, 0.5) is 8.78 Å². The molecule has 0 fully saturated rings. The molecule has 0 atom stereocenters. The highest BCUT2D eigenvalue weighted by atomic mass is 19.3. The molecule has 0 spiro atoms. The Balaban J connectivity index is 2.32. The number of carboxylic acid groups (broad SMARTS) is 1. The number of aryl methyl sites for hydroxylation is 1. The summed E-state index contributed by atoms with van der Waals surface area (Å²) in [5.74, 6) is -0.650. The normalized spacial score (nSPS) is 11.2. The van der Waals surface area contributed by atoms with Crippen LogP contribution in [0.25, 0.3) is 22.3 Å². The minimum atomic E-state index is -2.75. The fourth-order valence-corrected chi connectivity index (χ4v) is 2.79. The molecule has 0 unspecified atom stereocenters. The summed E-state index contributed by atoms with van der Waals surface area (Å²) in [6, 6.07) is 8.19. The summed E-state index contributed by atoms with van der Waals surface area (Å²) in [6.07, 6.45) is -2.75. The zero-order valence-corrected chi connectivity index (χ0v) is 13.5. The van der Waals surface area contributed by atoms with Gasteiger partial charge in [0.25, 0.3) is 6.43 Å². The first-order valence-corrected chi connectivity index (χ1v) is 7.43. The number of pyridine rings is 1. The van der Waals surface area contributed by atoms with Gasteiger partial charge in [-0.2, -0.15) is 5.10 Å². The Morgan fingerprint density at radius 3 is 2.72 bits per heavy atom. The first-order chi connectivity index (χ1) is 11.9. The van der Waals surface area contributed by atoms with Gasteiger partial charge in [0.05, 0.1) is 23.9 Å². The molecule has 0 aliphatic heterocycles. The Bertz CT molecular complexity index is 954. The molecular formula is C17H15F2N3O3.